The highest BCUT2D eigenvalue weighted by atomic mass is 16.2. The molecular weight excluding hydrogens is 266 g/mol. The van der Waals surface area contributed by atoms with Crippen molar-refractivity contribution >= 4 is 11.6 Å². The van der Waals surface area contributed by atoms with Crippen LogP contribution in [-0.2, 0) is 0 Å². The van der Waals surface area contributed by atoms with E-state index in [0.29, 0.717) is 18.7 Å². The second-order valence-corrected chi connectivity index (χ2v) is 4.89. The molecule has 0 aliphatic rings. The molecule has 1 heterocycles. The van der Waals surface area contributed by atoms with E-state index in [2.05, 4.69) is 15.6 Å². The summed E-state index contributed by atoms with van der Waals surface area (Å²) >= 11 is 0. The first kappa shape index (κ1) is 14.8. The van der Waals surface area contributed by atoms with Gasteiger partial charge < -0.3 is 15.6 Å². The first-order valence-corrected chi connectivity index (χ1v) is 6.85. The van der Waals surface area contributed by atoms with Crippen LogP contribution in [0.3, 0.4) is 0 Å². The molecule has 21 heavy (non-hydrogen) atoms. The van der Waals surface area contributed by atoms with E-state index < -0.39 is 0 Å². The van der Waals surface area contributed by atoms with E-state index in [-0.39, 0.29) is 17.0 Å². The van der Waals surface area contributed by atoms with Gasteiger partial charge in [0.15, 0.2) is 0 Å². The van der Waals surface area contributed by atoms with Gasteiger partial charge in [-0.1, -0.05) is 18.2 Å². The summed E-state index contributed by atoms with van der Waals surface area (Å²) < 4.78 is 0. The predicted octanol–water partition coefficient (Wildman–Crippen LogP) is 1.83. The van der Waals surface area contributed by atoms with E-state index in [1.807, 2.05) is 30.3 Å². The van der Waals surface area contributed by atoms with Crippen molar-refractivity contribution in [3.05, 3.63) is 63.6 Å². The molecule has 1 amide bonds. The summed E-state index contributed by atoms with van der Waals surface area (Å²) in [6, 6.07) is 11.5. The average molecular weight is 285 g/mol. The maximum Gasteiger partial charge on any atom is 0.261 e. The predicted molar refractivity (Wildman–Crippen MR) is 83.8 cm³/mol. The van der Waals surface area contributed by atoms with Crippen LogP contribution in [0.25, 0.3) is 0 Å². The maximum absolute atomic E-state index is 12.1. The second-order valence-electron chi connectivity index (χ2n) is 4.89. The topological polar surface area (TPSA) is 74.0 Å². The average Bonchev–Trinajstić information content (AvgIpc) is 2.43. The Kier molecular flexibility index (Phi) is 4.77. The number of hydrogen-bond acceptors (Lipinski definition) is 3. The number of hydrogen-bond donors (Lipinski definition) is 3. The summed E-state index contributed by atoms with van der Waals surface area (Å²) in [5.41, 5.74) is 2.27. The lowest BCUT2D eigenvalue weighted by Gasteiger charge is -2.09. The Labute approximate surface area is 123 Å². The van der Waals surface area contributed by atoms with Gasteiger partial charge in [-0.15, -0.1) is 0 Å². The van der Waals surface area contributed by atoms with Gasteiger partial charge >= 0.3 is 0 Å². The van der Waals surface area contributed by atoms with Crippen molar-refractivity contribution in [2.24, 2.45) is 0 Å². The van der Waals surface area contributed by atoms with Crippen molar-refractivity contribution in [3.8, 4) is 0 Å². The number of H-pyrrole nitrogens is 1. The minimum absolute atomic E-state index is 0.181. The van der Waals surface area contributed by atoms with Gasteiger partial charge in [-0.3, -0.25) is 9.59 Å². The molecule has 0 spiro atoms. The summed E-state index contributed by atoms with van der Waals surface area (Å²) in [6.07, 6.45) is 0. The minimum atomic E-state index is -0.346. The number of nitrogens with one attached hydrogen (secondary N) is 3. The highest BCUT2D eigenvalue weighted by molar-refractivity contribution is 5.95. The highest BCUT2D eigenvalue weighted by Gasteiger charge is 2.13. The summed E-state index contributed by atoms with van der Waals surface area (Å²) in [5, 5.41) is 5.94. The number of rotatable bonds is 5. The molecular formula is C16H19N3O2. The molecule has 0 radical (unpaired) electrons. The third kappa shape index (κ3) is 3.95. The lowest BCUT2D eigenvalue weighted by molar-refractivity contribution is 0.0953. The zero-order chi connectivity index (χ0) is 15.2. The molecule has 5 nitrogen and oxygen atoms in total. The smallest absolute Gasteiger partial charge is 0.261 e. The second kappa shape index (κ2) is 6.74. The molecule has 1 aromatic heterocycles. The molecule has 5 heteroatoms. The number of benzene rings is 1. The van der Waals surface area contributed by atoms with Crippen LogP contribution in [0.15, 0.2) is 41.2 Å². The van der Waals surface area contributed by atoms with E-state index in [0.717, 1.165) is 11.4 Å². The summed E-state index contributed by atoms with van der Waals surface area (Å²) in [4.78, 5) is 26.5. The van der Waals surface area contributed by atoms with Crippen molar-refractivity contribution in [2.75, 3.05) is 18.4 Å². The molecule has 2 rings (SSSR count). The molecule has 0 aliphatic heterocycles. The summed E-state index contributed by atoms with van der Waals surface area (Å²) in [5.74, 6) is -0.344. The van der Waals surface area contributed by atoms with Gasteiger partial charge in [-0.25, -0.2) is 0 Å². The molecule has 110 valence electrons. The Morgan fingerprint density at radius 2 is 1.86 bits per heavy atom. The zero-order valence-corrected chi connectivity index (χ0v) is 12.2. The van der Waals surface area contributed by atoms with E-state index in [9.17, 15) is 9.59 Å². The number of amides is 1. The van der Waals surface area contributed by atoms with Gasteiger partial charge in [-0.05, 0) is 37.6 Å². The van der Waals surface area contributed by atoms with Gasteiger partial charge in [0.1, 0.15) is 5.56 Å². The van der Waals surface area contributed by atoms with Gasteiger partial charge in [0.05, 0.1) is 0 Å². The number of pyridine rings is 1. The van der Waals surface area contributed by atoms with E-state index in [4.69, 9.17) is 0 Å². The lowest BCUT2D eigenvalue weighted by Crippen LogP contribution is -2.33. The Hall–Kier alpha value is -2.56. The van der Waals surface area contributed by atoms with Crippen molar-refractivity contribution in [2.45, 2.75) is 13.8 Å². The third-order valence-corrected chi connectivity index (χ3v) is 3.11. The number of aryl methyl sites for hydroxylation is 2. The first-order valence-electron chi connectivity index (χ1n) is 6.85. The zero-order valence-electron chi connectivity index (χ0n) is 12.2. The number of para-hydroxylation sites is 1. The standard InChI is InChI=1S/C16H19N3O2/c1-11-10-12(2)19-16(21)14(11)15(20)18-9-8-17-13-6-4-3-5-7-13/h3-7,10,17H,8-9H2,1-2H3,(H,18,20)(H,19,21). The maximum atomic E-state index is 12.1. The highest BCUT2D eigenvalue weighted by Crippen LogP contribution is 2.04. The lowest BCUT2D eigenvalue weighted by atomic mass is 10.1. The van der Waals surface area contributed by atoms with E-state index in [1.165, 1.54) is 0 Å². The molecule has 1 aromatic carbocycles. The number of carbonyl (C=O) groups excluding carboxylic acids is 1. The fraction of sp³-hybridized carbons (Fsp3) is 0.250. The Balaban J connectivity index is 1.90. The van der Waals surface area contributed by atoms with Gasteiger partial charge in [0, 0.05) is 24.5 Å². The van der Waals surface area contributed by atoms with Crippen LogP contribution in [0.5, 0.6) is 0 Å². The Morgan fingerprint density at radius 1 is 1.14 bits per heavy atom. The van der Waals surface area contributed by atoms with Crippen molar-refractivity contribution < 1.29 is 4.79 Å². The third-order valence-electron chi connectivity index (χ3n) is 3.11. The van der Waals surface area contributed by atoms with Crippen LogP contribution in [0.4, 0.5) is 5.69 Å². The van der Waals surface area contributed by atoms with Crippen LogP contribution >= 0.6 is 0 Å². The van der Waals surface area contributed by atoms with Gasteiger partial charge in [0.2, 0.25) is 0 Å². The van der Waals surface area contributed by atoms with E-state index >= 15 is 0 Å². The first-order chi connectivity index (χ1) is 10.1. The number of anilines is 1. The summed E-state index contributed by atoms with van der Waals surface area (Å²) in [7, 11) is 0. The molecule has 0 aliphatic carbocycles. The minimum Gasteiger partial charge on any atom is -0.383 e. The van der Waals surface area contributed by atoms with Crippen LogP contribution in [0.1, 0.15) is 21.6 Å². The quantitative estimate of drug-likeness (QED) is 0.734. The van der Waals surface area contributed by atoms with Crippen molar-refractivity contribution in [1.29, 1.82) is 0 Å². The van der Waals surface area contributed by atoms with Crippen LogP contribution in [0, 0.1) is 13.8 Å². The SMILES string of the molecule is Cc1cc(C)c(C(=O)NCCNc2ccccc2)c(=O)[nH]1. The van der Waals surface area contributed by atoms with Crippen molar-refractivity contribution in [3.63, 3.8) is 0 Å². The molecule has 2 aromatic rings. The summed E-state index contributed by atoms with van der Waals surface area (Å²) in [6.45, 7) is 4.60. The van der Waals surface area contributed by atoms with Gasteiger partial charge in [-0.2, -0.15) is 0 Å². The molecule has 0 saturated heterocycles. The monoisotopic (exact) mass is 285 g/mol. The molecule has 0 bridgehead atoms. The van der Waals surface area contributed by atoms with Crippen molar-refractivity contribution in [1.82, 2.24) is 10.3 Å². The number of carbonyl (C=O) groups is 1. The van der Waals surface area contributed by atoms with Crippen LogP contribution in [0.2, 0.25) is 0 Å². The largest absolute Gasteiger partial charge is 0.383 e. The molecule has 0 saturated carbocycles. The molecule has 0 unspecified atom stereocenters. The molecule has 0 atom stereocenters. The van der Waals surface area contributed by atoms with Crippen LogP contribution in [-0.4, -0.2) is 24.0 Å². The molecule has 0 fully saturated rings. The normalized spacial score (nSPS) is 10.2. The fourth-order valence-corrected chi connectivity index (χ4v) is 2.16. The van der Waals surface area contributed by atoms with Gasteiger partial charge in [0.25, 0.3) is 11.5 Å². The molecule has 3 N–H and O–H groups in total. The van der Waals surface area contributed by atoms with Crippen LogP contribution < -0.4 is 16.2 Å². The number of aromatic nitrogens is 1. The Bertz CT molecular complexity index is 678. The fourth-order valence-electron chi connectivity index (χ4n) is 2.16. The number of aromatic amines is 1. The van der Waals surface area contributed by atoms with E-state index in [1.54, 1.807) is 19.9 Å². The Morgan fingerprint density at radius 3 is 2.52 bits per heavy atom.